The molecule has 2 saturated heterocycles. The summed E-state index contributed by atoms with van der Waals surface area (Å²) in [6.07, 6.45) is 4.13. The Morgan fingerprint density at radius 2 is 2.23 bits per heavy atom. The molecule has 13 heavy (non-hydrogen) atoms. The van der Waals surface area contributed by atoms with Gasteiger partial charge in [0.15, 0.2) is 0 Å². The molecule has 2 unspecified atom stereocenters. The van der Waals surface area contributed by atoms with Crippen LogP contribution in [0, 0.1) is 11.3 Å². The van der Waals surface area contributed by atoms with Crippen molar-refractivity contribution in [3.8, 4) is 0 Å². The minimum absolute atomic E-state index is 0.625. The van der Waals surface area contributed by atoms with Crippen LogP contribution in [0.15, 0.2) is 0 Å². The molecule has 1 spiro atoms. The Labute approximate surface area is 81.5 Å². The molecule has 2 aliphatic rings. The molecule has 76 valence electrons. The van der Waals surface area contributed by atoms with Gasteiger partial charge in [0, 0.05) is 19.1 Å². The van der Waals surface area contributed by atoms with E-state index < -0.39 is 0 Å². The average molecular weight is 182 g/mol. The van der Waals surface area contributed by atoms with Gasteiger partial charge >= 0.3 is 0 Å². The Morgan fingerprint density at radius 3 is 2.85 bits per heavy atom. The van der Waals surface area contributed by atoms with Crippen LogP contribution in [0.1, 0.15) is 33.1 Å². The molecule has 2 heteroatoms. The number of hydrogen-bond acceptors (Lipinski definition) is 2. The van der Waals surface area contributed by atoms with E-state index >= 15 is 0 Å². The third kappa shape index (κ3) is 2.05. The van der Waals surface area contributed by atoms with E-state index in [4.69, 9.17) is 0 Å². The van der Waals surface area contributed by atoms with Crippen LogP contribution in [0.4, 0.5) is 0 Å². The maximum absolute atomic E-state index is 3.68. The molecular formula is C11H22N2. The first kappa shape index (κ1) is 9.47. The van der Waals surface area contributed by atoms with Crippen molar-refractivity contribution in [3.05, 3.63) is 0 Å². The normalized spacial score (nSPS) is 39.5. The van der Waals surface area contributed by atoms with Gasteiger partial charge in [-0.3, -0.25) is 0 Å². The van der Waals surface area contributed by atoms with Crippen LogP contribution >= 0.6 is 0 Å². The van der Waals surface area contributed by atoms with E-state index in [1.54, 1.807) is 0 Å². The second-order valence-electron chi connectivity index (χ2n) is 5.34. The Morgan fingerprint density at radius 1 is 1.38 bits per heavy atom. The fourth-order valence-corrected chi connectivity index (χ4v) is 2.88. The van der Waals surface area contributed by atoms with Gasteiger partial charge in [0.1, 0.15) is 0 Å². The molecule has 0 amide bonds. The monoisotopic (exact) mass is 182 g/mol. The highest BCUT2D eigenvalue weighted by molar-refractivity contribution is 4.98. The molecule has 0 radical (unpaired) electrons. The largest absolute Gasteiger partial charge is 0.316 e. The molecule has 2 heterocycles. The third-order valence-corrected chi connectivity index (χ3v) is 3.53. The zero-order valence-electron chi connectivity index (χ0n) is 8.90. The zero-order chi connectivity index (χ0) is 9.31. The molecule has 2 nitrogen and oxygen atoms in total. The summed E-state index contributed by atoms with van der Waals surface area (Å²) in [7, 11) is 0. The standard InChI is InChI=1S/C11H22N2/c1-9(2)5-10-6-11(8-13-10)3-4-12-7-11/h9-10,12-13H,3-8H2,1-2H3. The maximum Gasteiger partial charge on any atom is 0.00759 e. The summed E-state index contributed by atoms with van der Waals surface area (Å²) in [4.78, 5) is 0. The van der Waals surface area contributed by atoms with Gasteiger partial charge in [-0.2, -0.15) is 0 Å². The zero-order valence-corrected chi connectivity index (χ0v) is 8.90. The molecule has 2 fully saturated rings. The van der Waals surface area contributed by atoms with E-state index in [1.165, 1.54) is 38.9 Å². The van der Waals surface area contributed by atoms with E-state index in [0.717, 1.165) is 12.0 Å². The van der Waals surface area contributed by atoms with Crippen LogP contribution in [-0.2, 0) is 0 Å². The predicted molar refractivity (Wildman–Crippen MR) is 55.8 cm³/mol. The lowest BCUT2D eigenvalue weighted by Gasteiger charge is -2.20. The summed E-state index contributed by atoms with van der Waals surface area (Å²) in [5.41, 5.74) is 0.625. The van der Waals surface area contributed by atoms with E-state index in [1.807, 2.05) is 0 Å². The molecular weight excluding hydrogens is 160 g/mol. The molecule has 0 aromatic heterocycles. The van der Waals surface area contributed by atoms with Gasteiger partial charge in [0.2, 0.25) is 0 Å². The predicted octanol–water partition coefficient (Wildman–Crippen LogP) is 1.37. The topological polar surface area (TPSA) is 24.1 Å². The maximum atomic E-state index is 3.68. The lowest BCUT2D eigenvalue weighted by molar-refractivity contribution is 0.346. The van der Waals surface area contributed by atoms with Crippen LogP contribution in [0.3, 0.4) is 0 Å². The summed E-state index contributed by atoms with van der Waals surface area (Å²) in [6, 6.07) is 0.792. The summed E-state index contributed by atoms with van der Waals surface area (Å²) >= 11 is 0. The Hall–Kier alpha value is -0.0800. The van der Waals surface area contributed by atoms with Crippen LogP contribution in [-0.4, -0.2) is 25.7 Å². The quantitative estimate of drug-likeness (QED) is 0.674. The number of hydrogen-bond donors (Lipinski definition) is 2. The van der Waals surface area contributed by atoms with Gasteiger partial charge in [-0.15, -0.1) is 0 Å². The fourth-order valence-electron chi connectivity index (χ4n) is 2.88. The minimum atomic E-state index is 0.625. The van der Waals surface area contributed by atoms with E-state index in [9.17, 15) is 0 Å². The Kier molecular flexibility index (Phi) is 2.61. The van der Waals surface area contributed by atoms with Crippen LogP contribution in [0.5, 0.6) is 0 Å². The molecule has 0 aromatic carbocycles. The van der Waals surface area contributed by atoms with Crippen LogP contribution in [0.2, 0.25) is 0 Å². The molecule has 2 atom stereocenters. The van der Waals surface area contributed by atoms with Gasteiger partial charge in [0.05, 0.1) is 0 Å². The average Bonchev–Trinajstić information content (AvgIpc) is 2.63. The third-order valence-electron chi connectivity index (χ3n) is 3.53. The highest BCUT2D eigenvalue weighted by Crippen LogP contribution is 2.36. The van der Waals surface area contributed by atoms with Crippen molar-refractivity contribution in [2.45, 2.75) is 39.2 Å². The molecule has 2 rings (SSSR count). The summed E-state index contributed by atoms with van der Waals surface area (Å²) < 4.78 is 0. The van der Waals surface area contributed by atoms with Gasteiger partial charge in [-0.25, -0.2) is 0 Å². The highest BCUT2D eigenvalue weighted by atomic mass is 15.0. The van der Waals surface area contributed by atoms with Crippen molar-refractivity contribution in [2.24, 2.45) is 11.3 Å². The number of rotatable bonds is 2. The summed E-state index contributed by atoms with van der Waals surface area (Å²) in [5.74, 6) is 0.835. The second-order valence-corrected chi connectivity index (χ2v) is 5.34. The van der Waals surface area contributed by atoms with Crippen molar-refractivity contribution in [2.75, 3.05) is 19.6 Å². The summed E-state index contributed by atoms with van der Waals surface area (Å²) in [5, 5.41) is 7.17. The Balaban J connectivity index is 1.86. The van der Waals surface area contributed by atoms with Crippen LogP contribution in [0.25, 0.3) is 0 Å². The van der Waals surface area contributed by atoms with Crippen molar-refractivity contribution in [3.63, 3.8) is 0 Å². The van der Waals surface area contributed by atoms with Gasteiger partial charge in [-0.05, 0) is 37.1 Å². The highest BCUT2D eigenvalue weighted by Gasteiger charge is 2.40. The minimum Gasteiger partial charge on any atom is -0.316 e. The first-order valence-corrected chi connectivity index (χ1v) is 5.64. The first-order chi connectivity index (χ1) is 6.20. The molecule has 0 aromatic rings. The fraction of sp³-hybridized carbons (Fsp3) is 1.00. The molecule has 2 aliphatic heterocycles. The lowest BCUT2D eigenvalue weighted by Crippen LogP contribution is -2.26. The second kappa shape index (κ2) is 3.58. The lowest BCUT2D eigenvalue weighted by atomic mass is 9.83. The molecule has 0 bridgehead atoms. The van der Waals surface area contributed by atoms with E-state index in [2.05, 4.69) is 24.5 Å². The van der Waals surface area contributed by atoms with Crippen molar-refractivity contribution < 1.29 is 0 Å². The van der Waals surface area contributed by atoms with Crippen LogP contribution < -0.4 is 10.6 Å². The SMILES string of the molecule is CC(C)CC1CC2(CCNC2)CN1. The molecule has 2 N–H and O–H groups in total. The summed E-state index contributed by atoms with van der Waals surface area (Å²) in [6.45, 7) is 8.36. The van der Waals surface area contributed by atoms with Gasteiger partial charge < -0.3 is 10.6 Å². The van der Waals surface area contributed by atoms with Crippen molar-refractivity contribution in [1.29, 1.82) is 0 Å². The molecule has 0 aliphatic carbocycles. The first-order valence-electron chi connectivity index (χ1n) is 5.64. The Bertz CT molecular complexity index is 171. The van der Waals surface area contributed by atoms with Crippen molar-refractivity contribution >= 4 is 0 Å². The number of nitrogens with one attached hydrogen (secondary N) is 2. The van der Waals surface area contributed by atoms with Gasteiger partial charge in [0.25, 0.3) is 0 Å². The van der Waals surface area contributed by atoms with Crippen molar-refractivity contribution in [1.82, 2.24) is 10.6 Å². The smallest absolute Gasteiger partial charge is 0.00759 e. The molecule has 0 saturated carbocycles. The van der Waals surface area contributed by atoms with Gasteiger partial charge in [-0.1, -0.05) is 13.8 Å². The van der Waals surface area contributed by atoms with E-state index in [0.29, 0.717) is 5.41 Å². The van der Waals surface area contributed by atoms with E-state index in [-0.39, 0.29) is 0 Å².